The Morgan fingerprint density at radius 1 is 1.36 bits per heavy atom. The highest BCUT2D eigenvalue weighted by atomic mass is 35.6. The SMILES string of the molecule is CC(C)(C)[C@H]1CCc2c(sc(NC(=O)C(Cl)(Cl)Cl)c2C#N)C1. The number of thiophene rings is 1. The smallest absolute Gasteiger partial charge is 0.277 e. The van der Waals surface area contributed by atoms with E-state index in [2.05, 4.69) is 32.2 Å². The van der Waals surface area contributed by atoms with E-state index in [1.807, 2.05) is 0 Å². The molecule has 22 heavy (non-hydrogen) atoms. The van der Waals surface area contributed by atoms with E-state index < -0.39 is 9.70 Å². The van der Waals surface area contributed by atoms with Crippen molar-refractivity contribution < 1.29 is 4.79 Å². The lowest BCUT2D eigenvalue weighted by Crippen LogP contribution is -2.27. The number of amides is 1. The zero-order chi connectivity index (χ0) is 16.7. The Morgan fingerprint density at radius 3 is 2.50 bits per heavy atom. The highest BCUT2D eigenvalue weighted by Gasteiger charge is 2.35. The lowest BCUT2D eigenvalue weighted by Gasteiger charge is -2.33. The number of halogens is 3. The van der Waals surface area contributed by atoms with Crippen LogP contribution in [-0.4, -0.2) is 9.70 Å². The Balaban J connectivity index is 2.31. The van der Waals surface area contributed by atoms with Crippen LogP contribution < -0.4 is 5.32 Å². The molecule has 1 amide bonds. The second-order valence-corrected chi connectivity index (χ2v) is 9.96. The van der Waals surface area contributed by atoms with E-state index >= 15 is 0 Å². The molecule has 1 aliphatic rings. The van der Waals surface area contributed by atoms with Crippen LogP contribution in [0.3, 0.4) is 0 Å². The summed E-state index contributed by atoms with van der Waals surface area (Å²) in [6, 6.07) is 2.18. The Kier molecular flexibility index (Phi) is 5.04. The molecule has 1 heterocycles. The Bertz CT molecular complexity index is 635. The van der Waals surface area contributed by atoms with E-state index in [0.29, 0.717) is 16.5 Å². The maximum atomic E-state index is 11.8. The number of nitriles is 1. The molecule has 0 fully saturated rings. The molecular formula is C15H17Cl3N2OS. The minimum absolute atomic E-state index is 0.218. The number of nitrogens with one attached hydrogen (secondary N) is 1. The number of fused-ring (bicyclic) bond motifs is 1. The van der Waals surface area contributed by atoms with Gasteiger partial charge < -0.3 is 5.32 Å². The van der Waals surface area contributed by atoms with Crippen LogP contribution in [0.4, 0.5) is 5.00 Å². The minimum atomic E-state index is -2.04. The summed E-state index contributed by atoms with van der Waals surface area (Å²) in [5.41, 5.74) is 1.76. The molecule has 0 saturated heterocycles. The molecule has 1 atom stereocenters. The van der Waals surface area contributed by atoms with Gasteiger partial charge in [-0.25, -0.2) is 0 Å². The molecule has 7 heteroatoms. The van der Waals surface area contributed by atoms with Crippen molar-refractivity contribution in [1.29, 1.82) is 5.26 Å². The van der Waals surface area contributed by atoms with Gasteiger partial charge in [0.15, 0.2) is 0 Å². The first-order valence-corrected chi connectivity index (χ1v) is 8.92. The summed E-state index contributed by atoms with van der Waals surface area (Å²) in [5.74, 6) is -0.179. The number of nitrogens with zero attached hydrogens (tertiary/aromatic N) is 1. The van der Waals surface area contributed by atoms with Crippen LogP contribution in [0, 0.1) is 22.7 Å². The lowest BCUT2D eigenvalue weighted by atomic mass is 9.72. The Hall–Kier alpha value is -0.470. The van der Waals surface area contributed by atoms with E-state index in [0.717, 1.165) is 29.7 Å². The molecule has 1 aromatic heterocycles. The molecule has 1 aromatic rings. The van der Waals surface area contributed by atoms with Crippen LogP contribution in [0.25, 0.3) is 0 Å². The first-order chi connectivity index (χ1) is 10.0. The van der Waals surface area contributed by atoms with E-state index in [-0.39, 0.29) is 5.41 Å². The maximum Gasteiger partial charge on any atom is 0.277 e. The fraction of sp³-hybridized carbons (Fsp3) is 0.600. The summed E-state index contributed by atoms with van der Waals surface area (Å²) >= 11 is 18.2. The van der Waals surface area contributed by atoms with E-state index in [4.69, 9.17) is 34.8 Å². The number of rotatable bonds is 1. The number of carbonyl (C=O) groups is 1. The van der Waals surface area contributed by atoms with Gasteiger partial charge in [0.05, 0.1) is 5.56 Å². The van der Waals surface area contributed by atoms with Gasteiger partial charge in [-0.05, 0) is 36.2 Å². The van der Waals surface area contributed by atoms with Gasteiger partial charge in [-0.1, -0.05) is 55.6 Å². The predicted octanol–water partition coefficient (Wildman–Crippen LogP) is 5.08. The van der Waals surface area contributed by atoms with Crippen LogP contribution in [0.15, 0.2) is 0 Å². The highest BCUT2D eigenvalue weighted by molar-refractivity contribution is 7.16. The van der Waals surface area contributed by atoms with Gasteiger partial charge in [0.2, 0.25) is 0 Å². The number of anilines is 1. The first-order valence-electron chi connectivity index (χ1n) is 6.97. The van der Waals surface area contributed by atoms with Crippen molar-refractivity contribution in [3.05, 3.63) is 16.0 Å². The normalized spacial score (nSPS) is 18.5. The average Bonchev–Trinajstić information content (AvgIpc) is 2.72. The molecule has 1 aliphatic carbocycles. The van der Waals surface area contributed by atoms with Gasteiger partial charge in [-0.3, -0.25) is 4.79 Å². The van der Waals surface area contributed by atoms with Gasteiger partial charge in [-0.15, -0.1) is 11.3 Å². The van der Waals surface area contributed by atoms with Gasteiger partial charge in [0, 0.05) is 4.88 Å². The van der Waals surface area contributed by atoms with Crippen molar-refractivity contribution in [2.24, 2.45) is 11.3 Å². The molecule has 120 valence electrons. The summed E-state index contributed by atoms with van der Waals surface area (Å²) in [7, 11) is 0. The quantitative estimate of drug-likeness (QED) is 0.692. The van der Waals surface area contributed by atoms with Crippen molar-refractivity contribution >= 4 is 57.0 Å². The zero-order valence-corrected chi connectivity index (χ0v) is 15.7. The molecule has 0 radical (unpaired) electrons. The number of alkyl halides is 3. The first kappa shape index (κ1) is 17.9. The Morgan fingerprint density at radius 2 is 2.00 bits per heavy atom. The second-order valence-electron chi connectivity index (χ2n) is 6.58. The van der Waals surface area contributed by atoms with Gasteiger partial charge >= 0.3 is 0 Å². The van der Waals surface area contributed by atoms with E-state index in [9.17, 15) is 10.1 Å². The molecule has 3 nitrogen and oxygen atoms in total. The molecule has 0 spiro atoms. The summed E-state index contributed by atoms with van der Waals surface area (Å²) in [4.78, 5) is 13.0. The number of carbonyl (C=O) groups excluding carboxylic acids is 1. The van der Waals surface area contributed by atoms with E-state index in [1.54, 1.807) is 0 Å². The fourth-order valence-corrected chi connectivity index (χ4v) is 4.12. The molecular weight excluding hydrogens is 363 g/mol. The van der Waals surface area contributed by atoms with E-state index in [1.165, 1.54) is 11.3 Å². The average molecular weight is 380 g/mol. The minimum Gasteiger partial charge on any atom is -0.313 e. The maximum absolute atomic E-state index is 11.8. The van der Waals surface area contributed by atoms with Crippen LogP contribution >= 0.6 is 46.1 Å². The van der Waals surface area contributed by atoms with Crippen molar-refractivity contribution in [2.75, 3.05) is 5.32 Å². The van der Waals surface area contributed by atoms with Crippen molar-refractivity contribution in [1.82, 2.24) is 0 Å². The molecule has 1 N–H and O–H groups in total. The fourth-order valence-electron chi connectivity index (χ4n) is 2.71. The highest BCUT2D eigenvalue weighted by Crippen LogP contribution is 2.44. The van der Waals surface area contributed by atoms with Crippen molar-refractivity contribution in [3.63, 3.8) is 0 Å². The van der Waals surface area contributed by atoms with Gasteiger partial charge in [0.25, 0.3) is 9.70 Å². The van der Waals surface area contributed by atoms with Crippen LogP contribution in [-0.2, 0) is 17.6 Å². The Labute approximate surface area is 149 Å². The van der Waals surface area contributed by atoms with Gasteiger partial charge in [0.1, 0.15) is 11.1 Å². The predicted molar refractivity (Wildman–Crippen MR) is 92.9 cm³/mol. The molecule has 0 aliphatic heterocycles. The summed E-state index contributed by atoms with van der Waals surface area (Å²) in [5, 5.41) is 12.5. The largest absolute Gasteiger partial charge is 0.313 e. The van der Waals surface area contributed by atoms with Crippen LogP contribution in [0.5, 0.6) is 0 Å². The summed E-state index contributed by atoms with van der Waals surface area (Å²) in [6.07, 6.45) is 2.81. The molecule has 2 rings (SSSR count). The van der Waals surface area contributed by atoms with Crippen molar-refractivity contribution in [3.8, 4) is 6.07 Å². The molecule has 0 saturated carbocycles. The second kappa shape index (κ2) is 6.20. The van der Waals surface area contributed by atoms with Crippen LogP contribution in [0.1, 0.15) is 43.2 Å². The lowest BCUT2D eigenvalue weighted by molar-refractivity contribution is -0.115. The molecule has 0 unspecified atom stereocenters. The van der Waals surface area contributed by atoms with Gasteiger partial charge in [-0.2, -0.15) is 5.26 Å². The number of hydrogen-bond donors (Lipinski definition) is 1. The monoisotopic (exact) mass is 378 g/mol. The number of hydrogen-bond acceptors (Lipinski definition) is 3. The van der Waals surface area contributed by atoms with Crippen molar-refractivity contribution in [2.45, 2.75) is 43.8 Å². The third-order valence-electron chi connectivity index (χ3n) is 4.09. The standard InChI is InChI=1S/C15H17Cl3N2OS/c1-14(2,3)8-4-5-9-10(7-19)12(22-11(9)6-8)20-13(21)15(16,17)18/h8H,4-6H2,1-3H3,(H,20,21)/t8-/m0/s1. The molecule has 0 aromatic carbocycles. The summed E-state index contributed by atoms with van der Waals surface area (Å²) < 4.78 is -2.04. The molecule has 0 bridgehead atoms. The third-order valence-corrected chi connectivity index (χ3v) is 5.77. The topological polar surface area (TPSA) is 52.9 Å². The third kappa shape index (κ3) is 3.71. The zero-order valence-electron chi connectivity index (χ0n) is 12.6. The summed E-state index contributed by atoms with van der Waals surface area (Å²) in [6.45, 7) is 6.69. The van der Waals surface area contributed by atoms with Crippen LogP contribution in [0.2, 0.25) is 0 Å².